The molecule has 1 aromatic carbocycles. The minimum absolute atomic E-state index is 0.0146. The number of halogens is 2. The van der Waals surface area contributed by atoms with Crippen molar-refractivity contribution in [2.24, 2.45) is 5.92 Å². The molecule has 122 valence electrons. The van der Waals surface area contributed by atoms with Crippen LogP contribution < -0.4 is 4.74 Å². The lowest BCUT2D eigenvalue weighted by Crippen LogP contribution is -2.45. The summed E-state index contributed by atoms with van der Waals surface area (Å²) in [7, 11) is 1.72. The number of hydrogen-bond acceptors (Lipinski definition) is 3. The van der Waals surface area contributed by atoms with E-state index in [0.29, 0.717) is 22.7 Å². The highest BCUT2D eigenvalue weighted by Gasteiger charge is 2.36. The van der Waals surface area contributed by atoms with Crippen LogP contribution in [-0.4, -0.2) is 43.9 Å². The third kappa shape index (κ3) is 4.29. The minimum atomic E-state index is 0.0146. The summed E-state index contributed by atoms with van der Waals surface area (Å²) in [5.41, 5.74) is 0. The van der Waals surface area contributed by atoms with E-state index in [1.807, 2.05) is 12.1 Å². The van der Waals surface area contributed by atoms with Crippen molar-refractivity contribution in [3.8, 4) is 5.75 Å². The molecule has 0 bridgehead atoms. The minimum Gasteiger partial charge on any atom is -0.486 e. The molecule has 2 fully saturated rings. The van der Waals surface area contributed by atoms with Crippen molar-refractivity contribution in [1.82, 2.24) is 4.90 Å². The van der Waals surface area contributed by atoms with Crippen molar-refractivity contribution in [1.29, 1.82) is 0 Å². The molecule has 3 nitrogen and oxygen atoms in total. The smallest absolute Gasteiger partial charge is 0.137 e. The first-order chi connectivity index (χ1) is 10.7. The van der Waals surface area contributed by atoms with Crippen molar-refractivity contribution >= 4 is 23.2 Å². The largest absolute Gasteiger partial charge is 0.486 e. The molecule has 1 saturated carbocycles. The second-order valence-corrected chi connectivity index (χ2v) is 7.24. The molecule has 2 unspecified atom stereocenters. The number of nitrogens with zero attached hydrogens (tertiary/aromatic N) is 1. The summed E-state index contributed by atoms with van der Waals surface area (Å²) in [6.45, 7) is 2.95. The van der Waals surface area contributed by atoms with Crippen LogP contribution in [0.1, 0.15) is 25.7 Å². The van der Waals surface area contributed by atoms with Crippen LogP contribution in [0.4, 0.5) is 0 Å². The molecule has 3 rings (SSSR count). The SMILES string of the molecule is COCC(Oc1cc(Cl)cc(Cl)c1)C1CCCN1CC1CC1. The number of hydrogen-bond donors (Lipinski definition) is 0. The zero-order valence-electron chi connectivity index (χ0n) is 12.9. The molecule has 1 aliphatic carbocycles. The summed E-state index contributed by atoms with van der Waals surface area (Å²) in [6, 6.07) is 5.77. The average Bonchev–Trinajstić information content (AvgIpc) is 3.13. The molecule has 2 aliphatic rings. The van der Waals surface area contributed by atoms with Gasteiger partial charge in [0.25, 0.3) is 0 Å². The van der Waals surface area contributed by atoms with Gasteiger partial charge in [0.15, 0.2) is 0 Å². The molecule has 0 amide bonds. The van der Waals surface area contributed by atoms with Gasteiger partial charge in [-0.1, -0.05) is 23.2 Å². The van der Waals surface area contributed by atoms with E-state index in [4.69, 9.17) is 32.7 Å². The standard InChI is InChI=1S/C17H23Cl2NO2/c1-21-11-17(22-15-8-13(18)7-14(19)9-15)16-3-2-6-20(16)10-12-4-5-12/h7-9,12,16-17H,2-6,10-11H2,1H3. The summed E-state index contributed by atoms with van der Waals surface area (Å²) in [4.78, 5) is 2.58. The number of benzene rings is 1. The van der Waals surface area contributed by atoms with Crippen LogP contribution in [0.5, 0.6) is 5.75 Å². The van der Waals surface area contributed by atoms with Crippen LogP contribution in [0.25, 0.3) is 0 Å². The average molecular weight is 344 g/mol. The van der Waals surface area contributed by atoms with Crippen LogP contribution in [0.3, 0.4) is 0 Å². The summed E-state index contributed by atoms with van der Waals surface area (Å²) in [6.07, 6.45) is 5.17. The highest BCUT2D eigenvalue weighted by molar-refractivity contribution is 6.34. The van der Waals surface area contributed by atoms with Crippen LogP contribution in [0, 0.1) is 5.92 Å². The maximum atomic E-state index is 6.20. The van der Waals surface area contributed by atoms with E-state index in [1.54, 1.807) is 13.2 Å². The Balaban J connectivity index is 1.70. The normalized spacial score (nSPS) is 23.7. The molecular weight excluding hydrogens is 321 g/mol. The molecule has 0 spiro atoms. The fraction of sp³-hybridized carbons (Fsp3) is 0.647. The lowest BCUT2D eigenvalue weighted by Gasteiger charge is -2.31. The van der Waals surface area contributed by atoms with E-state index in [-0.39, 0.29) is 6.10 Å². The Morgan fingerprint density at radius 2 is 1.91 bits per heavy atom. The first kappa shape index (κ1) is 16.4. The predicted octanol–water partition coefficient (Wildman–Crippen LogP) is 4.26. The molecular formula is C17H23Cl2NO2. The van der Waals surface area contributed by atoms with Crippen LogP contribution in [0.15, 0.2) is 18.2 Å². The van der Waals surface area contributed by atoms with Crippen LogP contribution in [-0.2, 0) is 4.74 Å². The molecule has 1 saturated heterocycles. The van der Waals surface area contributed by atoms with Crippen molar-refractivity contribution < 1.29 is 9.47 Å². The van der Waals surface area contributed by atoms with Crippen molar-refractivity contribution in [2.45, 2.75) is 37.8 Å². The van der Waals surface area contributed by atoms with Gasteiger partial charge in [-0.05, 0) is 56.3 Å². The maximum Gasteiger partial charge on any atom is 0.137 e. The van der Waals surface area contributed by atoms with Crippen molar-refractivity contribution in [2.75, 3.05) is 26.8 Å². The van der Waals surface area contributed by atoms with Gasteiger partial charge in [-0.3, -0.25) is 4.90 Å². The predicted molar refractivity (Wildman–Crippen MR) is 90.1 cm³/mol. The fourth-order valence-corrected chi connectivity index (χ4v) is 3.80. The van der Waals surface area contributed by atoms with Gasteiger partial charge in [-0.2, -0.15) is 0 Å². The van der Waals surface area contributed by atoms with Gasteiger partial charge in [0.05, 0.1) is 6.61 Å². The molecule has 2 atom stereocenters. The zero-order chi connectivity index (χ0) is 15.5. The monoisotopic (exact) mass is 343 g/mol. The van der Waals surface area contributed by atoms with E-state index in [1.165, 1.54) is 32.4 Å². The molecule has 0 radical (unpaired) electrons. The topological polar surface area (TPSA) is 21.7 Å². The first-order valence-electron chi connectivity index (χ1n) is 8.01. The summed E-state index contributed by atoms with van der Waals surface area (Å²) in [5.74, 6) is 1.61. The summed E-state index contributed by atoms with van der Waals surface area (Å²) in [5, 5.41) is 1.19. The van der Waals surface area contributed by atoms with Gasteiger partial charge < -0.3 is 9.47 Å². The number of rotatable bonds is 7. The van der Waals surface area contributed by atoms with Crippen molar-refractivity contribution in [3.63, 3.8) is 0 Å². The molecule has 1 aromatic rings. The van der Waals surface area contributed by atoms with Gasteiger partial charge in [0.1, 0.15) is 11.9 Å². The van der Waals surface area contributed by atoms with Crippen LogP contribution in [0.2, 0.25) is 10.0 Å². The Hall–Kier alpha value is -0.480. The van der Waals surface area contributed by atoms with Crippen LogP contribution >= 0.6 is 23.2 Å². The molecule has 1 heterocycles. The molecule has 0 aromatic heterocycles. The van der Waals surface area contributed by atoms with E-state index < -0.39 is 0 Å². The van der Waals surface area contributed by atoms with Gasteiger partial charge in [-0.25, -0.2) is 0 Å². The van der Waals surface area contributed by atoms with E-state index >= 15 is 0 Å². The Labute approximate surface area is 142 Å². The molecule has 1 aliphatic heterocycles. The van der Waals surface area contributed by atoms with Gasteiger partial charge in [0, 0.05) is 29.7 Å². The fourth-order valence-electron chi connectivity index (χ4n) is 3.29. The summed E-state index contributed by atoms with van der Waals surface area (Å²) < 4.78 is 11.6. The third-order valence-electron chi connectivity index (χ3n) is 4.49. The Bertz CT molecular complexity index is 487. The third-order valence-corrected chi connectivity index (χ3v) is 4.92. The number of methoxy groups -OCH3 is 1. The Morgan fingerprint density at radius 3 is 2.55 bits per heavy atom. The highest BCUT2D eigenvalue weighted by atomic mass is 35.5. The number of likely N-dealkylation sites (tertiary alicyclic amines) is 1. The lowest BCUT2D eigenvalue weighted by molar-refractivity contribution is 0.0251. The Morgan fingerprint density at radius 1 is 1.18 bits per heavy atom. The summed E-state index contributed by atoms with van der Waals surface area (Å²) >= 11 is 12.1. The highest BCUT2D eigenvalue weighted by Crippen LogP contribution is 2.34. The second kappa shape index (κ2) is 7.39. The Kier molecular flexibility index (Phi) is 5.50. The maximum absolute atomic E-state index is 6.20. The molecule has 5 heteroatoms. The molecule has 22 heavy (non-hydrogen) atoms. The second-order valence-electron chi connectivity index (χ2n) is 6.36. The van der Waals surface area contributed by atoms with E-state index in [0.717, 1.165) is 18.1 Å². The van der Waals surface area contributed by atoms with Gasteiger partial charge in [0.2, 0.25) is 0 Å². The van der Waals surface area contributed by atoms with Gasteiger partial charge in [-0.15, -0.1) is 0 Å². The van der Waals surface area contributed by atoms with Gasteiger partial charge >= 0.3 is 0 Å². The first-order valence-corrected chi connectivity index (χ1v) is 8.77. The van der Waals surface area contributed by atoms with Crippen molar-refractivity contribution in [3.05, 3.63) is 28.2 Å². The zero-order valence-corrected chi connectivity index (χ0v) is 14.4. The van der Waals surface area contributed by atoms with E-state index in [9.17, 15) is 0 Å². The quantitative estimate of drug-likeness (QED) is 0.738. The number of ether oxygens (including phenoxy) is 2. The molecule has 0 N–H and O–H groups in total. The lowest BCUT2D eigenvalue weighted by atomic mass is 10.1. The van der Waals surface area contributed by atoms with E-state index in [2.05, 4.69) is 4.90 Å².